The van der Waals surface area contributed by atoms with Gasteiger partial charge in [0.1, 0.15) is 12.2 Å². The third kappa shape index (κ3) is 2.22. The van der Waals surface area contributed by atoms with Crippen LogP contribution in [-0.2, 0) is 6.54 Å². The van der Waals surface area contributed by atoms with Crippen molar-refractivity contribution in [2.24, 2.45) is 0 Å². The van der Waals surface area contributed by atoms with Crippen molar-refractivity contribution in [3.63, 3.8) is 0 Å². The van der Waals surface area contributed by atoms with Gasteiger partial charge in [0.15, 0.2) is 0 Å². The molecule has 4 heteroatoms. The molecule has 4 nitrogen and oxygen atoms in total. The van der Waals surface area contributed by atoms with E-state index in [1.165, 1.54) is 5.56 Å². The summed E-state index contributed by atoms with van der Waals surface area (Å²) in [5.41, 5.74) is 1.29. The highest BCUT2D eigenvalue weighted by atomic mass is 15.3. The zero-order valence-corrected chi connectivity index (χ0v) is 9.71. The summed E-state index contributed by atoms with van der Waals surface area (Å²) >= 11 is 0. The Morgan fingerprint density at radius 2 is 2.18 bits per heavy atom. The van der Waals surface area contributed by atoms with E-state index in [-0.39, 0.29) is 0 Å². The fraction of sp³-hybridized carbons (Fsp3) is 0.385. The number of aromatic nitrogens is 3. The summed E-state index contributed by atoms with van der Waals surface area (Å²) < 4.78 is 2.16. The standard InChI is InChI=1S/C13H16N4/c1-2-4-11(5-3-1)9-17-10-15-16-13(17)12-6-7-14-8-12/h1-5,10,12,14H,6-9H2. The molecule has 1 N–H and O–H groups in total. The maximum absolute atomic E-state index is 4.27. The fourth-order valence-electron chi connectivity index (χ4n) is 2.36. The Hall–Kier alpha value is -1.68. The van der Waals surface area contributed by atoms with Crippen molar-refractivity contribution in [2.75, 3.05) is 13.1 Å². The van der Waals surface area contributed by atoms with Crippen molar-refractivity contribution in [1.82, 2.24) is 20.1 Å². The highest BCUT2D eigenvalue weighted by Gasteiger charge is 2.21. The van der Waals surface area contributed by atoms with Gasteiger partial charge < -0.3 is 9.88 Å². The van der Waals surface area contributed by atoms with Crippen LogP contribution in [0.25, 0.3) is 0 Å². The first-order valence-electron chi connectivity index (χ1n) is 6.06. The second kappa shape index (κ2) is 4.67. The highest BCUT2D eigenvalue weighted by Crippen LogP contribution is 2.20. The molecule has 0 bridgehead atoms. The summed E-state index contributed by atoms with van der Waals surface area (Å²) in [6.07, 6.45) is 2.99. The van der Waals surface area contributed by atoms with Crippen molar-refractivity contribution >= 4 is 0 Å². The fourth-order valence-corrected chi connectivity index (χ4v) is 2.36. The van der Waals surface area contributed by atoms with E-state index in [1.807, 2.05) is 12.4 Å². The number of nitrogens with zero attached hydrogens (tertiary/aromatic N) is 3. The van der Waals surface area contributed by atoms with Crippen molar-refractivity contribution in [3.8, 4) is 0 Å². The Kier molecular flexibility index (Phi) is 2.88. The van der Waals surface area contributed by atoms with E-state index in [2.05, 4.69) is 44.3 Å². The van der Waals surface area contributed by atoms with Gasteiger partial charge in [0.05, 0.1) is 6.54 Å². The SMILES string of the molecule is c1ccc(Cn2cnnc2C2CCNC2)cc1. The average molecular weight is 228 g/mol. The third-order valence-electron chi connectivity index (χ3n) is 3.27. The zero-order chi connectivity index (χ0) is 11.5. The van der Waals surface area contributed by atoms with Crippen LogP contribution in [0.1, 0.15) is 23.7 Å². The van der Waals surface area contributed by atoms with Gasteiger partial charge in [-0.25, -0.2) is 0 Å². The summed E-state index contributed by atoms with van der Waals surface area (Å²) in [5.74, 6) is 1.63. The Morgan fingerprint density at radius 1 is 1.29 bits per heavy atom. The molecule has 2 aromatic rings. The molecule has 1 fully saturated rings. The third-order valence-corrected chi connectivity index (χ3v) is 3.27. The smallest absolute Gasteiger partial charge is 0.137 e. The summed E-state index contributed by atoms with van der Waals surface area (Å²) in [7, 11) is 0. The van der Waals surface area contributed by atoms with Gasteiger partial charge in [-0.3, -0.25) is 0 Å². The minimum atomic E-state index is 0.515. The lowest BCUT2D eigenvalue weighted by atomic mass is 10.1. The van der Waals surface area contributed by atoms with Gasteiger partial charge in [0.25, 0.3) is 0 Å². The van der Waals surface area contributed by atoms with E-state index in [9.17, 15) is 0 Å². The number of nitrogens with one attached hydrogen (secondary N) is 1. The lowest BCUT2D eigenvalue weighted by Crippen LogP contribution is -2.13. The molecule has 1 unspecified atom stereocenters. The van der Waals surface area contributed by atoms with Crippen molar-refractivity contribution in [2.45, 2.75) is 18.9 Å². The molecule has 1 saturated heterocycles. The Morgan fingerprint density at radius 3 is 2.94 bits per heavy atom. The van der Waals surface area contributed by atoms with Gasteiger partial charge in [-0.1, -0.05) is 30.3 Å². The molecule has 2 heterocycles. The Labute approximate surface area is 101 Å². The van der Waals surface area contributed by atoms with Gasteiger partial charge in [0.2, 0.25) is 0 Å². The zero-order valence-electron chi connectivity index (χ0n) is 9.71. The van der Waals surface area contributed by atoms with E-state index in [0.29, 0.717) is 5.92 Å². The molecule has 17 heavy (non-hydrogen) atoms. The molecule has 0 spiro atoms. The van der Waals surface area contributed by atoms with Crippen molar-refractivity contribution in [3.05, 3.63) is 48.0 Å². The molecular formula is C13H16N4. The molecule has 1 atom stereocenters. The second-order valence-corrected chi connectivity index (χ2v) is 4.49. The van der Waals surface area contributed by atoms with Crippen LogP contribution in [0.3, 0.4) is 0 Å². The Bertz CT molecular complexity index is 471. The normalized spacial score (nSPS) is 19.6. The summed E-state index contributed by atoms with van der Waals surface area (Å²) in [6, 6.07) is 10.4. The predicted octanol–water partition coefficient (Wildman–Crippen LogP) is 1.40. The number of benzene rings is 1. The van der Waals surface area contributed by atoms with Crippen LogP contribution in [0.15, 0.2) is 36.7 Å². The predicted molar refractivity (Wildman–Crippen MR) is 65.8 cm³/mol. The summed E-state index contributed by atoms with van der Waals surface area (Å²) in [5, 5.41) is 11.7. The molecule has 1 aromatic carbocycles. The molecule has 3 rings (SSSR count). The van der Waals surface area contributed by atoms with Gasteiger partial charge in [-0.15, -0.1) is 10.2 Å². The van der Waals surface area contributed by atoms with Crippen LogP contribution >= 0.6 is 0 Å². The first kappa shape index (κ1) is 10.5. The molecule has 88 valence electrons. The van der Waals surface area contributed by atoms with Crippen LogP contribution in [0.5, 0.6) is 0 Å². The van der Waals surface area contributed by atoms with Crippen LogP contribution in [0, 0.1) is 0 Å². The largest absolute Gasteiger partial charge is 0.316 e. The molecule has 0 aliphatic carbocycles. The van der Waals surface area contributed by atoms with Gasteiger partial charge in [-0.2, -0.15) is 0 Å². The maximum Gasteiger partial charge on any atom is 0.137 e. The van der Waals surface area contributed by atoms with Crippen molar-refractivity contribution < 1.29 is 0 Å². The molecular weight excluding hydrogens is 212 g/mol. The molecule has 1 aliphatic rings. The summed E-state index contributed by atoms with van der Waals surface area (Å²) in [4.78, 5) is 0. The molecule has 1 aliphatic heterocycles. The molecule has 1 aromatic heterocycles. The number of rotatable bonds is 3. The maximum atomic E-state index is 4.27. The van der Waals surface area contributed by atoms with E-state index < -0.39 is 0 Å². The Balaban J connectivity index is 1.81. The van der Waals surface area contributed by atoms with Gasteiger partial charge >= 0.3 is 0 Å². The topological polar surface area (TPSA) is 42.7 Å². The average Bonchev–Trinajstić information content (AvgIpc) is 3.00. The first-order valence-corrected chi connectivity index (χ1v) is 6.06. The number of hydrogen-bond donors (Lipinski definition) is 1. The first-order chi connectivity index (χ1) is 8.43. The van der Waals surface area contributed by atoms with Crippen LogP contribution in [0.2, 0.25) is 0 Å². The number of hydrogen-bond acceptors (Lipinski definition) is 3. The second-order valence-electron chi connectivity index (χ2n) is 4.49. The van der Waals surface area contributed by atoms with Gasteiger partial charge in [-0.05, 0) is 18.5 Å². The van der Waals surface area contributed by atoms with E-state index >= 15 is 0 Å². The van der Waals surface area contributed by atoms with Crippen LogP contribution in [-0.4, -0.2) is 27.9 Å². The lowest BCUT2D eigenvalue weighted by Gasteiger charge is -2.10. The summed E-state index contributed by atoms with van der Waals surface area (Å²) in [6.45, 7) is 2.97. The minimum Gasteiger partial charge on any atom is -0.316 e. The van der Waals surface area contributed by atoms with Crippen LogP contribution < -0.4 is 5.32 Å². The van der Waals surface area contributed by atoms with Crippen molar-refractivity contribution in [1.29, 1.82) is 0 Å². The monoisotopic (exact) mass is 228 g/mol. The molecule has 0 saturated carbocycles. The van der Waals surface area contributed by atoms with Crippen LogP contribution in [0.4, 0.5) is 0 Å². The quantitative estimate of drug-likeness (QED) is 0.863. The highest BCUT2D eigenvalue weighted by molar-refractivity contribution is 5.16. The molecule has 0 amide bonds. The van der Waals surface area contributed by atoms with E-state index in [4.69, 9.17) is 0 Å². The minimum absolute atomic E-state index is 0.515. The van der Waals surface area contributed by atoms with Gasteiger partial charge in [0, 0.05) is 12.5 Å². The van der Waals surface area contributed by atoms with E-state index in [1.54, 1.807) is 0 Å². The van der Waals surface area contributed by atoms with E-state index in [0.717, 1.165) is 31.9 Å². The molecule has 0 radical (unpaired) electrons. The lowest BCUT2D eigenvalue weighted by molar-refractivity contribution is 0.631.